The van der Waals surface area contributed by atoms with Crippen molar-refractivity contribution in [3.05, 3.63) is 34.9 Å². The van der Waals surface area contributed by atoms with Crippen LogP contribution in [0.25, 0.3) is 0 Å². The molecule has 1 rings (SSSR count). The van der Waals surface area contributed by atoms with Gasteiger partial charge in [0.05, 0.1) is 0 Å². The molecule has 0 saturated carbocycles. The first-order chi connectivity index (χ1) is 7.69. The van der Waals surface area contributed by atoms with Crippen LogP contribution in [0.3, 0.4) is 0 Å². The monoisotopic (exact) mass is 242 g/mol. The molecule has 1 aromatic rings. The quantitative estimate of drug-likeness (QED) is 0.568. The van der Waals surface area contributed by atoms with Crippen LogP contribution in [0.4, 0.5) is 0 Å². The predicted molar refractivity (Wildman–Crippen MR) is 62.8 cm³/mol. The molecule has 16 heavy (non-hydrogen) atoms. The Kier molecular flexibility index (Phi) is 5.46. The summed E-state index contributed by atoms with van der Waals surface area (Å²) in [5, 5.41) is 0.526. The summed E-state index contributed by atoms with van der Waals surface area (Å²) in [6.45, 7) is 4.49. The van der Waals surface area contributed by atoms with Gasteiger partial charge in [0.15, 0.2) is 0 Å². The van der Waals surface area contributed by atoms with E-state index in [1.807, 2.05) is 13.8 Å². The number of rotatable bonds is 6. The Morgan fingerprint density at radius 1 is 1.31 bits per heavy atom. The first kappa shape index (κ1) is 13.2. The van der Waals surface area contributed by atoms with Crippen LogP contribution < -0.4 is 0 Å². The van der Waals surface area contributed by atoms with E-state index in [2.05, 4.69) is 0 Å². The summed E-state index contributed by atoms with van der Waals surface area (Å²) in [5.41, 5.74) is 0.499. The van der Waals surface area contributed by atoms with Gasteiger partial charge in [0.25, 0.3) is 0 Å². The lowest BCUT2D eigenvalue weighted by atomic mass is 10.1. The lowest BCUT2D eigenvalue weighted by Gasteiger charge is -2.15. The number of hydrogen-bond acceptors (Lipinski definition) is 3. The number of halogens is 1. The highest BCUT2D eigenvalue weighted by molar-refractivity contribution is 6.31. The van der Waals surface area contributed by atoms with Crippen LogP contribution in [0.5, 0.6) is 0 Å². The molecular formula is C12H15ClO3. The normalized spacial score (nSPS) is 10.8. The zero-order valence-corrected chi connectivity index (χ0v) is 10.2. The summed E-state index contributed by atoms with van der Waals surface area (Å²) < 4.78 is 10.4. The molecule has 0 radical (unpaired) electrons. The largest absolute Gasteiger partial charge is 0.346 e. The molecule has 3 nitrogen and oxygen atoms in total. The molecule has 0 aliphatic carbocycles. The lowest BCUT2D eigenvalue weighted by Crippen LogP contribution is -2.27. The maximum Gasteiger partial charge on any atom is 0.222 e. The van der Waals surface area contributed by atoms with Gasteiger partial charge in [0.2, 0.25) is 12.1 Å². The van der Waals surface area contributed by atoms with E-state index in [4.69, 9.17) is 21.1 Å². The summed E-state index contributed by atoms with van der Waals surface area (Å²) in [5.74, 6) is -0.203. The summed E-state index contributed by atoms with van der Waals surface area (Å²) in [7, 11) is 0. The molecule has 0 unspecified atom stereocenters. The maximum atomic E-state index is 12.0. The average Bonchev–Trinajstić information content (AvgIpc) is 2.28. The molecular weight excluding hydrogens is 228 g/mol. The molecule has 88 valence electrons. The summed E-state index contributed by atoms with van der Waals surface area (Å²) in [6.07, 6.45) is -0.839. The minimum absolute atomic E-state index is 0.203. The van der Waals surface area contributed by atoms with E-state index in [9.17, 15) is 4.79 Å². The third-order valence-corrected chi connectivity index (χ3v) is 2.19. The molecule has 0 saturated heterocycles. The highest BCUT2D eigenvalue weighted by Gasteiger charge is 2.20. The van der Waals surface area contributed by atoms with E-state index in [1.165, 1.54) is 0 Å². The Balaban J connectivity index is 2.81. The Morgan fingerprint density at radius 3 is 2.44 bits per heavy atom. The van der Waals surface area contributed by atoms with Gasteiger partial charge >= 0.3 is 0 Å². The molecule has 0 aromatic heterocycles. The van der Waals surface area contributed by atoms with Crippen LogP contribution in [0.1, 0.15) is 24.2 Å². The average molecular weight is 243 g/mol. The highest BCUT2D eigenvalue weighted by atomic mass is 35.5. The van der Waals surface area contributed by atoms with E-state index in [0.29, 0.717) is 23.8 Å². The van der Waals surface area contributed by atoms with Crippen molar-refractivity contribution in [2.75, 3.05) is 13.2 Å². The van der Waals surface area contributed by atoms with Crippen LogP contribution in [0.2, 0.25) is 5.02 Å². The van der Waals surface area contributed by atoms with Crippen molar-refractivity contribution >= 4 is 17.4 Å². The van der Waals surface area contributed by atoms with Gasteiger partial charge < -0.3 is 9.47 Å². The fourth-order valence-electron chi connectivity index (χ4n) is 1.28. The smallest absolute Gasteiger partial charge is 0.222 e. The first-order valence-corrected chi connectivity index (χ1v) is 5.59. The Labute approximate surface area is 100 Å². The number of benzene rings is 1. The van der Waals surface area contributed by atoms with E-state index in [0.717, 1.165) is 0 Å². The zero-order valence-electron chi connectivity index (χ0n) is 9.40. The molecule has 0 spiro atoms. The summed E-state index contributed by atoms with van der Waals surface area (Å²) in [6, 6.07) is 6.74. The lowest BCUT2D eigenvalue weighted by molar-refractivity contribution is -0.107. The molecule has 0 fully saturated rings. The molecule has 0 aliphatic rings. The number of carbonyl (C=O) groups excluding carboxylic acids is 1. The molecule has 0 aliphatic heterocycles. The van der Waals surface area contributed by atoms with Gasteiger partial charge in [-0.2, -0.15) is 0 Å². The third-order valence-electron chi connectivity index (χ3n) is 1.96. The SMILES string of the molecule is CCOC(OCC)C(=O)c1cccc(Cl)c1. The third kappa shape index (κ3) is 3.59. The van der Waals surface area contributed by atoms with Crippen molar-refractivity contribution in [2.45, 2.75) is 20.1 Å². The van der Waals surface area contributed by atoms with E-state index in [1.54, 1.807) is 24.3 Å². The fraction of sp³-hybridized carbons (Fsp3) is 0.417. The van der Waals surface area contributed by atoms with E-state index >= 15 is 0 Å². The van der Waals surface area contributed by atoms with Gasteiger partial charge in [-0.25, -0.2) is 0 Å². The standard InChI is InChI=1S/C12H15ClO3/c1-3-15-12(16-4-2)11(14)9-6-5-7-10(13)8-9/h5-8,12H,3-4H2,1-2H3. The second kappa shape index (κ2) is 6.63. The molecule has 0 atom stereocenters. The second-order valence-electron chi connectivity index (χ2n) is 3.12. The number of ketones is 1. The van der Waals surface area contributed by atoms with E-state index < -0.39 is 6.29 Å². The maximum absolute atomic E-state index is 12.0. The number of ether oxygens (including phenoxy) is 2. The van der Waals surface area contributed by atoms with Crippen LogP contribution in [-0.2, 0) is 9.47 Å². The van der Waals surface area contributed by atoms with Gasteiger partial charge in [-0.15, -0.1) is 0 Å². The Morgan fingerprint density at radius 2 is 1.94 bits per heavy atom. The van der Waals surface area contributed by atoms with Crippen molar-refractivity contribution in [2.24, 2.45) is 0 Å². The number of Topliss-reactive ketones (excluding diaryl/α,β-unsaturated/α-hetero) is 1. The first-order valence-electron chi connectivity index (χ1n) is 5.22. The molecule has 0 bridgehead atoms. The minimum atomic E-state index is -0.839. The van der Waals surface area contributed by atoms with Crippen LogP contribution in [-0.4, -0.2) is 25.3 Å². The molecule has 1 aromatic carbocycles. The molecule has 0 heterocycles. The zero-order chi connectivity index (χ0) is 12.0. The van der Waals surface area contributed by atoms with Gasteiger partial charge in [-0.3, -0.25) is 4.79 Å². The Bertz CT molecular complexity index is 346. The highest BCUT2D eigenvalue weighted by Crippen LogP contribution is 2.14. The van der Waals surface area contributed by atoms with Crippen molar-refractivity contribution in [1.82, 2.24) is 0 Å². The topological polar surface area (TPSA) is 35.5 Å². The second-order valence-corrected chi connectivity index (χ2v) is 3.55. The van der Waals surface area contributed by atoms with Gasteiger partial charge in [-0.1, -0.05) is 23.7 Å². The van der Waals surface area contributed by atoms with Gasteiger partial charge in [-0.05, 0) is 26.0 Å². The van der Waals surface area contributed by atoms with Crippen molar-refractivity contribution < 1.29 is 14.3 Å². The number of carbonyl (C=O) groups is 1. The summed E-state index contributed by atoms with van der Waals surface area (Å²) in [4.78, 5) is 12.0. The molecule has 0 N–H and O–H groups in total. The van der Waals surface area contributed by atoms with Crippen LogP contribution in [0.15, 0.2) is 24.3 Å². The fourth-order valence-corrected chi connectivity index (χ4v) is 1.47. The molecule has 0 amide bonds. The van der Waals surface area contributed by atoms with Crippen molar-refractivity contribution in [3.63, 3.8) is 0 Å². The number of hydrogen-bond donors (Lipinski definition) is 0. The van der Waals surface area contributed by atoms with Crippen LogP contribution >= 0.6 is 11.6 Å². The van der Waals surface area contributed by atoms with Crippen LogP contribution in [0, 0.1) is 0 Å². The van der Waals surface area contributed by atoms with Crippen molar-refractivity contribution in [1.29, 1.82) is 0 Å². The van der Waals surface area contributed by atoms with E-state index in [-0.39, 0.29) is 5.78 Å². The van der Waals surface area contributed by atoms with Gasteiger partial charge in [0, 0.05) is 23.8 Å². The van der Waals surface area contributed by atoms with Crippen molar-refractivity contribution in [3.8, 4) is 0 Å². The summed E-state index contributed by atoms with van der Waals surface area (Å²) >= 11 is 5.81. The Hall–Kier alpha value is -0.900. The molecule has 4 heteroatoms. The predicted octanol–water partition coefficient (Wildman–Crippen LogP) is 2.92. The van der Waals surface area contributed by atoms with Gasteiger partial charge in [0.1, 0.15) is 0 Å². The minimum Gasteiger partial charge on any atom is -0.346 e.